The third-order valence-corrected chi connectivity index (χ3v) is 3.30. The maximum atomic E-state index is 12.3. The van der Waals surface area contributed by atoms with Crippen LogP contribution < -0.4 is 10.1 Å². The zero-order valence-corrected chi connectivity index (χ0v) is 13.0. The van der Waals surface area contributed by atoms with E-state index in [4.69, 9.17) is 16.3 Å². The summed E-state index contributed by atoms with van der Waals surface area (Å²) in [6.07, 6.45) is -3.12. The van der Waals surface area contributed by atoms with Crippen molar-refractivity contribution in [1.82, 2.24) is 9.78 Å². The first-order valence-corrected chi connectivity index (χ1v) is 6.84. The van der Waals surface area contributed by atoms with Crippen LogP contribution in [0.2, 0.25) is 5.02 Å². The van der Waals surface area contributed by atoms with Crippen LogP contribution >= 0.6 is 11.6 Å². The summed E-state index contributed by atoms with van der Waals surface area (Å²) in [7, 11) is 1.67. The van der Waals surface area contributed by atoms with E-state index < -0.39 is 18.7 Å². The quantitative estimate of drug-likeness (QED) is 0.919. The number of benzene rings is 1. The van der Waals surface area contributed by atoms with Crippen LogP contribution in [-0.2, 0) is 7.05 Å². The lowest BCUT2D eigenvalue weighted by Crippen LogP contribution is -2.20. The van der Waals surface area contributed by atoms with Crippen molar-refractivity contribution >= 4 is 23.2 Å². The number of aromatic nitrogens is 2. The van der Waals surface area contributed by atoms with Gasteiger partial charge in [-0.05, 0) is 19.1 Å². The Labute approximate surface area is 135 Å². The molecular weight excluding hydrogens is 335 g/mol. The number of anilines is 1. The Hall–Kier alpha value is -2.22. The van der Waals surface area contributed by atoms with Crippen molar-refractivity contribution in [3.8, 4) is 5.75 Å². The van der Waals surface area contributed by atoms with Crippen LogP contribution in [0, 0.1) is 6.92 Å². The van der Waals surface area contributed by atoms with Gasteiger partial charge in [-0.15, -0.1) is 0 Å². The molecule has 1 N–H and O–H groups in total. The summed E-state index contributed by atoms with van der Waals surface area (Å²) in [5.41, 5.74) is 1.02. The van der Waals surface area contributed by atoms with Crippen LogP contribution in [0.25, 0.3) is 0 Å². The highest BCUT2D eigenvalue weighted by molar-refractivity contribution is 6.30. The van der Waals surface area contributed by atoms with E-state index in [-0.39, 0.29) is 16.5 Å². The molecule has 0 saturated heterocycles. The number of alkyl halides is 3. The average molecular weight is 348 g/mol. The zero-order valence-electron chi connectivity index (χ0n) is 12.2. The number of nitrogens with one attached hydrogen (secondary N) is 1. The van der Waals surface area contributed by atoms with Crippen molar-refractivity contribution in [3.05, 3.63) is 40.7 Å². The molecule has 0 unspecified atom stereocenters. The summed E-state index contributed by atoms with van der Waals surface area (Å²) >= 11 is 5.76. The first-order valence-electron chi connectivity index (χ1n) is 6.46. The fourth-order valence-corrected chi connectivity index (χ4v) is 1.95. The lowest BCUT2D eigenvalue weighted by atomic mass is 10.2. The molecule has 1 aromatic heterocycles. The van der Waals surface area contributed by atoms with E-state index in [0.29, 0.717) is 11.3 Å². The van der Waals surface area contributed by atoms with Crippen molar-refractivity contribution in [2.75, 3.05) is 11.9 Å². The van der Waals surface area contributed by atoms with E-state index in [1.54, 1.807) is 14.0 Å². The van der Waals surface area contributed by atoms with E-state index in [0.717, 1.165) is 0 Å². The van der Waals surface area contributed by atoms with Crippen LogP contribution in [-0.4, -0.2) is 28.5 Å². The van der Waals surface area contributed by atoms with Gasteiger partial charge in [0.05, 0.1) is 17.4 Å². The Morgan fingerprint density at radius 1 is 1.43 bits per heavy atom. The highest BCUT2D eigenvalue weighted by atomic mass is 35.5. The van der Waals surface area contributed by atoms with Gasteiger partial charge in [0.15, 0.2) is 6.61 Å². The molecule has 0 saturated carbocycles. The molecule has 0 aliphatic carbocycles. The van der Waals surface area contributed by atoms with Gasteiger partial charge < -0.3 is 10.1 Å². The standard InChI is InChI=1S/C14H13ClF3N3O2/c1-8-10(6-19-21(8)2)13(22)20-11-4-3-9(15)5-12(11)23-7-14(16,17)18/h3-6H,7H2,1-2H3,(H,20,22). The molecule has 0 aliphatic heterocycles. The largest absolute Gasteiger partial charge is 0.482 e. The number of nitrogens with zero attached hydrogens (tertiary/aromatic N) is 2. The summed E-state index contributed by atoms with van der Waals surface area (Å²) in [5.74, 6) is -0.667. The number of hydrogen-bond donors (Lipinski definition) is 1. The van der Waals surface area contributed by atoms with E-state index in [2.05, 4.69) is 10.4 Å². The van der Waals surface area contributed by atoms with Gasteiger partial charge in [-0.25, -0.2) is 0 Å². The van der Waals surface area contributed by atoms with Crippen molar-refractivity contribution in [2.45, 2.75) is 13.1 Å². The third kappa shape index (κ3) is 4.38. The first kappa shape index (κ1) is 17.1. The van der Waals surface area contributed by atoms with Crippen LogP contribution in [0.1, 0.15) is 16.1 Å². The minimum absolute atomic E-state index is 0.0897. The molecule has 0 fully saturated rings. The van der Waals surface area contributed by atoms with Gasteiger partial charge in [0.1, 0.15) is 5.75 Å². The minimum atomic E-state index is -4.50. The molecule has 124 valence electrons. The molecule has 0 atom stereocenters. The normalized spacial score (nSPS) is 11.4. The Kier molecular flexibility index (Phi) is 4.84. The molecular formula is C14H13ClF3N3O2. The molecule has 1 aromatic carbocycles. The molecule has 9 heteroatoms. The molecule has 23 heavy (non-hydrogen) atoms. The highest BCUT2D eigenvalue weighted by Gasteiger charge is 2.29. The summed E-state index contributed by atoms with van der Waals surface area (Å²) < 4.78 is 43.1. The molecule has 1 amide bonds. The lowest BCUT2D eigenvalue weighted by Gasteiger charge is -2.14. The zero-order chi connectivity index (χ0) is 17.2. The van der Waals surface area contributed by atoms with Crippen LogP contribution in [0.15, 0.2) is 24.4 Å². The van der Waals surface area contributed by atoms with Gasteiger partial charge in [-0.1, -0.05) is 11.6 Å². The average Bonchev–Trinajstić information content (AvgIpc) is 2.78. The highest BCUT2D eigenvalue weighted by Crippen LogP contribution is 2.30. The Morgan fingerprint density at radius 2 is 2.13 bits per heavy atom. The van der Waals surface area contributed by atoms with E-state index in [1.165, 1.54) is 29.1 Å². The number of rotatable bonds is 4. The second kappa shape index (κ2) is 6.49. The molecule has 0 bridgehead atoms. The number of carbonyl (C=O) groups excluding carboxylic acids is 1. The molecule has 0 aliphatic rings. The number of halogens is 4. The molecule has 2 aromatic rings. The maximum Gasteiger partial charge on any atom is 0.422 e. The Morgan fingerprint density at radius 3 is 2.70 bits per heavy atom. The minimum Gasteiger partial charge on any atom is -0.482 e. The van der Waals surface area contributed by atoms with E-state index in [9.17, 15) is 18.0 Å². The van der Waals surface area contributed by atoms with Gasteiger partial charge in [0, 0.05) is 23.8 Å². The maximum absolute atomic E-state index is 12.3. The predicted octanol–water partition coefficient (Wildman–Crippen LogP) is 3.58. The van der Waals surface area contributed by atoms with Crippen molar-refractivity contribution < 1.29 is 22.7 Å². The lowest BCUT2D eigenvalue weighted by molar-refractivity contribution is -0.153. The first-order chi connectivity index (χ1) is 10.7. The second-order valence-corrected chi connectivity index (χ2v) is 5.20. The fraction of sp³-hybridized carbons (Fsp3) is 0.286. The SMILES string of the molecule is Cc1c(C(=O)Nc2ccc(Cl)cc2OCC(F)(F)F)cnn1C. The van der Waals surface area contributed by atoms with Gasteiger partial charge in [0.25, 0.3) is 5.91 Å². The Balaban J connectivity index is 2.22. The fourth-order valence-electron chi connectivity index (χ4n) is 1.79. The van der Waals surface area contributed by atoms with Gasteiger partial charge in [-0.2, -0.15) is 18.3 Å². The number of hydrogen-bond acceptors (Lipinski definition) is 3. The molecule has 2 rings (SSSR count). The van der Waals surface area contributed by atoms with Gasteiger partial charge in [0.2, 0.25) is 0 Å². The molecule has 5 nitrogen and oxygen atoms in total. The summed E-state index contributed by atoms with van der Waals surface area (Å²) in [4.78, 5) is 12.2. The van der Waals surface area contributed by atoms with Crippen molar-refractivity contribution in [3.63, 3.8) is 0 Å². The van der Waals surface area contributed by atoms with Crippen molar-refractivity contribution in [2.24, 2.45) is 7.05 Å². The topological polar surface area (TPSA) is 56.1 Å². The van der Waals surface area contributed by atoms with Gasteiger partial charge >= 0.3 is 6.18 Å². The summed E-state index contributed by atoms with van der Waals surface area (Å²) in [5, 5.41) is 6.63. The second-order valence-electron chi connectivity index (χ2n) is 4.77. The molecule has 1 heterocycles. The predicted molar refractivity (Wildman–Crippen MR) is 78.9 cm³/mol. The number of aryl methyl sites for hydroxylation is 1. The molecule has 0 spiro atoms. The van der Waals surface area contributed by atoms with E-state index >= 15 is 0 Å². The monoisotopic (exact) mass is 347 g/mol. The van der Waals surface area contributed by atoms with Crippen LogP contribution in [0.3, 0.4) is 0 Å². The van der Waals surface area contributed by atoms with Crippen LogP contribution in [0.4, 0.5) is 18.9 Å². The van der Waals surface area contributed by atoms with Gasteiger partial charge in [-0.3, -0.25) is 9.48 Å². The Bertz CT molecular complexity index is 729. The smallest absolute Gasteiger partial charge is 0.422 e. The summed E-state index contributed by atoms with van der Waals surface area (Å²) in [6, 6.07) is 4.02. The van der Waals surface area contributed by atoms with Crippen molar-refractivity contribution in [1.29, 1.82) is 0 Å². The van der Waals surface area contributed by atoms with E-state index in [1.807, 2.05) is 0 Å². The van der Waals surface area contributed by atoms with Crippen LogP contribution in [0.5, 0.6) is 5.75 Å². The number of carbonyl (C=O) groups is 1. The third-order valence-electron chi connectivity index (χ3n) is 3.06. The summed E-state index contributed by atoms with van der Waals surface area (Å²) in [6.45, 7) is 0.215. The number of amides is 1. The number of ether oxygens (including phenoxy) is 1. The molecule has 0 radical (unpaired) electrons.